The van der Waals surface area contributed by atoms with E-state index in [0.717, 1.165) is 23.3 Å². The molecule has 1 amide bonds. The van der Waals surface area contributed by atoms with Crippen molar-refractivity contribution < 1.29 is 4.79 Å². The molecule has 1 aromatic carbocycles. The zero-order valence-electron chi connectivity index (χ0n) is 11.1. The minimum atomic E-state index is -0.196. The molecule has 0 aliphatic carbocycles. The van der Waals surface area contributed by atoms with Crippen molar-refractivity contribution >= 4 is 40.1 Å². The highest BCUT2D eigenvalue weighted by Gasteiger charge is 2.24. The Morgan fingerprint density at radius 2 is 2.35 bits per heavy atom. The number of halogens is 2. The molecule has 0 bridgehead atoms. The summed E-state index contributed by atoms with van der Waals surface area (Å²) >= 11 is 12.3. The number of nitrogens with zero attached hydrogens (tertiary/aromatic N) is 2. The number of alkyl halides is 1. The van der Waals surface area contributed by atoms with Crippen molar-refractivity contribution in [3.05, 3.63) is 29.0 Å². The predicted molar refractivity (Wildman–Crippen MR) is 80.2 cm³/mol. The number of nitrogens with one attached hydrogen (secondary N) is 1. The highest BCUT2D eigenvalue weighted by atomic mass is 35.5. The van der Waals surface area contributed by atoms with E-state index in [1.807, 2.05) is 25.1 Å². The summed E-state index contributed by atoms with van der Waals surface area (Å²) in [6, 6.07) is 5.74. The zero-order valence-corrected chi connectivity index (χ0v) is 12.6. The lowest BCUT2D eigenvalue weighted by Crippen LogP contribution is -2.30. The van der Waals surface area contributed by atoms with Crippen LogP contribution in [0.2, 0.25) is 5.02 Å². The quantitative estimate of drug-likeness (QED) is 0.884. The lowest BCUT2D eigenvalue weighted by atomic mass is 10.2. The number of rotatable bonds is 3. The summed E-state index contributed by atoms with van der Waals surface area (Å²) in [4.78, 5) is 15.9. The number of hydrogen-bond donors (Lipinski definition) is 1. The van der Waals surface area contributed by atoms with Crippen molar-refractivity contribution in [2.45, 2.75) is 37.7 Å². The molecule has 1 aliphatic heterocycles. The minimum absolute atomic E-state index is 0.109. The van der Waals surface area contributed by atoms with Crippen LogP contribution < -0.4 is 5.32 Å². The van der Waals surface area contributed by atoms with Crippen LogP contribution in [0.3, 0.4) is 0 Å². The van der Waals surface area contributed by atoms with Crippen LogP contribution >= 0.6 is 23.2 Å². The molecule has 2 heterocycles. The van der Waals surface area contributed by atoms with Crippen LogP contribution in [0, 0.1) is 0 Å². The van der Waals surface area contributed by atoms with E-state index >= 15 is 0 Å². The van der Waals surface area contributed by atoms with Gasteiger partial charge in [-0.05, 0) is 31.5 Å². The molecule has 0 radical (unpaired) electrons. The van der Waals surface area contributed by atoms with Gasteiger partial charge in [0, 0.05) is 24.0 Å². The van der Waals surface area contributed by atoms with E-state index in [1.165, 1.54) is 0 Å². The Kier molecular flexibility index (Phi) is 3.61. The van der Waals surface area contributed by atoms with Gasteiger partial charge in [-0.1, -0.05) is 11.6 Å². The van der Waals surface area contributed by atoms with Crippen molar-refractivity contribution in [2.24, 2.45) is 0 Å². The second-order valence-corrected chi connectivity index (χ2v) is 6.22. The SMILES string of the molecule is CC(Cl)c1nc2ccc(Cl)cc2n1CC1CCC(=O)N1. The summed E-state index contributed by atoms with van der Waals surface area (Å²) in [5.41, 5.74) is 1.84. The highest BCUT2D eigenvalue weighted by Crippen LogP contribution is 2.27. The highest BCUT2D eigenvalue weighted by molar-refractivity contribution is 6.31. The van der Waals surface area contributed by atoms with Gasteiger partial charge in [0.25, 0.3) is 0 Å². The molecule has 0 spiro atoms. The number of aromatic nitrogens is 2. The number of imidazole rings is 1. The summed E-state index contributed by atoms with van der Waals surface area (Å²) in [7, 11) is 0. The number of benzene rings is 1. The standard InChI is InChI=1S/C14H15Cl2N3O/c1-8(15)14-18-11-4-2-9(16)6-12(11)19(14)7-10-3-5-13(20)17-10/h2,4,6,8,10H,3,5,7H2,1H3,(H,17,20). The monoisotopic (exact) mass is 311 g/mol. The first-order valence-electron chi connectivity index (χ1n) is 6.63. The minimum Gasteiger partial charge on any atom is -0.352 e. The van der Waals surface area contributed by atoms with Crippen LogP contribution in [0.5, 0.6) is 0 Å². The van der Waals surface area contributed by atoms with Crippen molar-refractivity contribution in [3.8, 4) is 0 Å². The van der Waals surface area contributed by atoms with Gasteiger partial charge in [0.05, 0.1) is 16.4 Å². The van der Waals surface area contributed by atoms with E-state index in [0.29, 0.717) is 18.0 Å². The molecule has 1 fully saturated rings. The summed E-state index contributed by atoms with van der Waals surface area (Å²) < 4.78 is 2.06. The molecule has 1 N–H and O–H groups in total. The molecule has 20 heavy (non-hydrogen) atoms. The Balaban J connectivity index is 2.03. The Labute approximate surface area is 127 Å². The number of carbonyl (C=O) groups is 1. The molecule has 2 aromatic rings. The molecule has 3 rings (SSSR count). The average Bonchev–Trinajstić information content (AvgIpc) is 2.95. The van der Waals surface area contributed by atoms with Gasteiger partial charge in [0.15, 0.2) is 0 Å². The van der Waals surface area contributed by atoms with Gasteiger partial charge in [0.1, 0.15) is 5.82 Å². The Hall–Kier alpha value is -1.26. The van der Waals surface area contributed by atoms with Gasteiger partial charge in [-0.3, -0.25) is 4.79 Å². The van der Waals surface area contributed by atoms with E-state index in [9.17, 15) is 4.79 Å². The maximum Gasteiger partial charge on any atom is 0.220 e. The maximum atomic E-state index is 11.3. The van der Waals surface area contributed by atoms with E-state index in [2.05, 4.69) is 14.9 Å². The average molecular weight is 312 g/mol. The van der Waals surface area contributed by atoms with Crippen LogP contribution in [0.15, 0.2) is 18.2 Å². The summed E-state index contributed by atoms with van der Waals surface area (Å²) in [5, 5.41) is 3.45. The lowest BCUT2D eigenvalue weighted by molar-refractivity contribution is -0.119. The Bertz CT molecular complexity index is 666. The first-order valence-corrected chi connectivity index (χ1v) is 7.45. The van der Waals surface area contributed by atoms with Crippen LogP contribution in [-0.4, -0.2) is 21.5 Å². The van der Waals surface area contributed by atoms with Crippen LogP contribution in [-0.2, 0) is 11.3 Å². The fourth-order valence-corrected chi connectivity index (χ4v) is 2.98. The van der Waals surface area contributed by atoms with Crippen LogP contribution in [0.1, 0.15) is 31.0 Å². The first-order chi connectivity index (χ1) is 9.54. The van der Waals surface area contributed by atoms with Gasteiger partial charge in [-0.2, -0.15) is 0 Å². The number of fused-ring (bicyclic) bond motifs is 1. The molecule has 106 valence electrons. The number of amides is 1. The summed E-state index contributed by atoms with van der Waals surface area (Å²) in [5.74, 6) is 0.919. The van der Waals surface area contributed by atoms with Crippen molar-refractivity contribution in [3.63, 3.8) is 0 Å². The molecule has 6 heteroatoms. The number of carbonyl (C=O) groups excluding carboxylic acids is 1. The molecule has 1 saturated heterocycles. The molecule has 1 aromatic heterocycles. The Morgan fingerprint density at radius 1 is 1.55 bits per heavy atom. The second-order valence-electron chi connectivity index (χ2n) is 5.13. The largest absolute Gasteiger partial charge is 0.352 e. The summed E-state index contributed by atoms with van der Waals surface area (Å²) in [6.45, 7) is 2.57. The fourth-order valence-electron chi connectivity index (χ4n) is 2.64. The molecule has 0 saturated carbocycles. The van der Waals surface area contributed by atoms with Gasteiger partial charge in [-0.25, -0.2) is 4.98 Å². The maximum absolute atomic E-state index is 11.3. The van der Waals surface area contributed by atoms with Crippen molar-refractivity contribution in [1.29, 1.82) is 0 Å². The Morgan fingerprint density at radius 3 is 3.00 bits per heavy atom. The predicted octanol–water partition coefficient (Wildman–Crippen LogP) is 3.27. The van der Waals surface area contributed by atoms with E-state index in [4.69, 9.17) is 23.2 Å². The van der Waals surface area contributed by atoms with Gasteiger partial charge in [0.2, 0.25) is 5.91 Å². The van der Waals surface area contributed by atoms with E-state index in [-0.39, 0.29) is 17.3 Å². The van der Waals surface area contributed by atoms with E-state index < -0.39 is 0 Å². The van der Waals surface area contributed by atoms with Crippen LogP contribution in [0.4, 0.5) is 0 Å². The van der Waals surface area contributed by atoms with Crippen LogP contribution in [0.25, 0.3) is 11.0 Å². The number of hydrogen-bond acceptors (Lipinski definition) is 2. The topological polar surface area (TPSA) is 46.9 Å². The van der Waals surface area contributed by atoms with E-state index in [1.54, 1.807) is 0 Å². The van der Waals surface area contributed by atoms with Crippen molar-refractivity contribution in [2.75, 3.05) is 0 Å². The molecule has 4 nitrogen and oxygen atoms in total. The zero-order chi connectivity index (χ0) is 14.3. The van der Waals surface area contributed by atoms with Gasteiger partial charge < -0.3 is 9.88 Å². The molecule has 2 unspecified atom stereocenters. The third kappa shape index (κ3) is 2.50. The molecular formula is C14H15Cl2N3O. The lowest BCUT2D eigenvalue weighted by Gasteiger charge is -2.15. The third-order valence-corrected chi connectivity index (χ3v) is 4.01. The third-order valence-electron chi connectivity index (χ3n) is 3.58. The smallest absolute Gasteiger partial charge is 0.220 e. The summed E-state index contributed by atoms with van der Waals surface area (Å²) in [6.07, 6.45) is 1.43. The van der Waals surface area contributed by atoms with Gasteiger partial charge in [-0.15, -0.1) is 11.6 Å². The molecule has 2 atom stereocenters. The normalized spacial score (nSPS) is 20.4. The van der Waals surface area contributed by atoms with Crippen molar-refractivity contribution in [1.82, 2.24) is 14.9 Å². The van der Waals surface area contributed by atoms with Gasteiger partial charge >= 0.3 is 0 Å². The molecule has 1 aliphatic rings. The molecular weight excluding hydrogens is 297 g/mol. The fraction of sp³-hybridized carbons (Fsp3) is 0.429. The second kappa shape index (κ2) is 5.26. The first kappa shape index (κ1) is 13.7.